The van der Waals surface area contributed by atoms with Gasteiger partial charge >= 0.3 is 5.69 Å². The van der Waals surface area contributed by atoms with E-state index in [1.807, 2.05) is 38.1 Å². The minimum atomic E-state index is -0.450. The number of amides is 1. The van der Waals surface area contributed by atoms with Crippen molar-refractivity contribution in [2.75, 3.05) is 13.1 Å². The minimum absolute atomic E-state index is 0.0134. The maximum Gasteiger partial charge on any atom is 0.326 e. The molecule has 0 spiro atoms. The molecule has 1 aliphatic carbocycles. The summed E-state index contributed by atoms with van der Waals surface area (Å²) in [6.45, 7) is 4.86. The Hall–Kier alpha value is -3.42. The van der Waals surface area contributed by atoms with E-state index in [1.54, 1.807) is 9.47 Å². The van der Waals surface area contributed by atoms with E-state index in [1.165, 1.54) is 6.07 Å². The van der Waals surface area contributed by atoms with Gasteiger partial charge in [0.15, 0.2) is 5.78 Å². The van der Waals surface area contributed by atoms with Crippen LogP contribution >= 0.6 is 0 Å². The lowest BCUT2D eigenvalue weighted by atomic mass is 9.75. The molecule has 166 valence electrons. The number of likely N-dealkylation sites (tertiary alicyclic amines) is 1. The van der Waals surface area contributed by atoms with Crippen LogP contribution in [0.15, 0.2) is 39.9 Å². The first-order valence-corrected chi connectivity index (χ1v) is 11.0. The minimum Gasteiger partial charge on any atom is -0.338 e. The van der Waals surface area contributed by atoms with Gasteiger partial charge in [-0.2, -0.15) is 0 Å². The molecule has 2 aliphatic rings. The van der Waals surface area contributed by atoms with Crippen LogP contribution in [0.2, 0.25) is 0 Å². The molecule has 5 rings (SSSR count). The molecule has 8 heteroatoms. The van der Waals surface area contributed by atoms with Gasteiger partial charge in [-0.05, 0) is 42.9 Å². The molecule has 0 bridgehead atoms. The molecule has 2 N–H and O–H groups in total. The fraction of sp³-hybridized carbons (Fsp3) is 0.417. The number of piperidine rings is 1. The Morgan fingerprint density at radius 2 is 1.75 bits per heavy atom. The summed E-state index contributed by atoms with van der Waals surface area (Å²) in [5.41, 5.74) is 1.93. The Balaban J connectivity index is 1.37. The Morgan fingerprint density at radius 1 is 1.03 bits per heavy atom. The molecular formula is C24H26N4O4. The van der Waals surface area contributed by atoms with Crippen LogP contribution in [0, 0.1) is 5.41 Å². The summed E-state index contributed by atoms with van der Waals surface area (Å²) in [4.78, 5) is 58.2. The first kappa shape index (κ1) is 20.5. The normalized spacial score (nSPS) is 18.7. The zero-order valence-electron chi connectivity index (χ0n) is 18.2. The maximum absolute atomic E-state index is 13.1. The first-order chi connectivity index (χ1) is 15.2. The molecule has 1 saturated heterocycles. The summed E-state index contributed by atoms with van der Waals surface area (Å²) in [5.74, 6) is -0.407. The Bertz CT molecular complexity index is 1350. The van der Waals surface area contributed by atoms with Crippen LogP contribution in [0.5, 0.6) is 0 Å². The number of aromatic amines is 2. The quantitative estimate of drug-likeness (QED) is 0.646. The summed E-state index contributed by atoms with van der Waals surface area (Å²) in [6.07, 6.45) is 2.22. The van der Waals surface area contributed by atoms with E-state index in [2.05, 4.69) is 9.97 Å². The van der Waals surface area contributed by atoms with Gasteiger partial charge < -0.3 is 14.9 Å². The number of pyridine rings is 1. The summed E-state index contributed by atoms with van der Waals surface area (Å²) >= 11 is 0. The van der Waals surface area contributed by atoms with Crippen molar-refractivity contribution in [3.8, 4) is 0 Å². The number of fused-ring (bicyclic) bond motifs is 2. The van der Waals surface area contributed by atoms with Crippen molar-refractivity contribution in [1.82, 2.24) is 19.4 Å². The van der Waals surface area contributed by atoms with E-state index in [-0.39, 0.29) is 34.4 Å². The Labute approximate surface area is 184 Å². The number of ketones is 1. The molecule has 3 heterocycles. The van der Waals surface area contributed by atoms with Crippen LogP contribution in [0.4, 0.5) is 0 Å². The summed E-state index contributed by atoms with van der Waals surface area (Å²) < 4.78 is 1.77. The third kappa shape index (κ3) is 3.39. The highest BCUT2D eigenvalue weighted by Crippen LogP contribution is 2.33. The van der Waals surface area contributed by atoms with Gasteiger partial charge in [0.2, 0.25) is 0 Å². The van der Waals surface area contributed by atoms with Crippen LogP contribution < -0.4 is 11.2 Å². The third-order valence-corrected chi connectivity index (χ3v) is 6.69. The SMILES string of the molecule is CC1(C)CC(=O)c2cc(C(=O)N3CCC(n4c(=O)[nH]c5ccccc54)CC3)c(=O)[nH]c2C1. The topological polar surface area (TPSA) is 108 Å². The van der Waals surface area contributed by atoms with Crippen molar-refractivity contribution in [2.45, 2.75) is 45.6 Å². The van der Waals surface area contributed by atoms with Gasteiger partial charge in [0.05, 0.1) is 11.0 Å². The van der Waals surface area contributed by atoms with E-state index in [9.17, 15) is 19.2 Å². The highest BCUT2D eigenvalue weighted by atomic mass is 16.2. The van der Waals surface area contributed by atoms with Crippen LogP contribution in [0.25, 0.3) is 11.0 Å². The predicted octanol–water partition coefficient (Wildman–Crippen LogP) is 2.65. The van der Waals surface area contributed by atoms with E-state index in [0.29, 0.717) is 50.0 Å². The van der Waals surface area contributed by atoms with Gasteiger partial charge in [-0.1, -0.05) is 26.0 Å². The molecule has 1 fully saturated rings. The summed E-state index contributed by atoms with van der Waals surface area (Å²) in [7, 11) is 0. The maximum atomic E-state index is 13.1. The van der Waals surface area contributed by atoms with Crippen LogP contribution in [-0.4, -0.2) is 44.2 Å². The van der Waals surface area contributed by atoms with Crippen molar-refractivity contribution in [3.05, 3.63) is 68.0 Å². The number of aromatic nitrogens is 3. The molecule has 2 aromatic heterocycles. The molecule has 8 nitrogen and oxygen atoms in total. The number of hydrogen-bond acceptors (Lipinski definition) is 4. The molecule has 0 saturated carbocycles. The average molecular weight is 434 g/mol. The van der Waals surface area contributed by atoms with E-state index in [0.717, 1.165) is 11.0 Å². The number of carbonyl (C=O) groups excluding carboxylic acids is 2. The number of benzene rings is 1. The number of hydrogen-bond donors (Lipinski definition) is 2. The van der Waals surface area contributed by atoms with Crippen molar-refractivity contribution in [3.63, 3.8) is 0 Å². The monoisotopic (exact) mass is 434 g/mol. The molecule has 3 aromatic rings. The predicted molar refractivity (Wildman–Crippen MR) is 120 cm³/mol. The van der Waals surface area contributed by atoms with E-state index in [4.69, 9.17) is 0 Å². The number of nitrogens with zero attached hydrogens (tertiary/aromatic N) is 2. The number of carbonyl (C=O) groups is 2. The largest absolute Gasteiger partial charge is 0.338 e. The standard InChI is InChI=1S/C24H26N4O4/c1-24(2)12-18-15(20(29)13-24)11-16(21(30)25-18)22(31)27-9-7-14(8-10-27)28-19-6-4-3-5-17(19)26-23(28)32/h3-6,11,14H,7-10,12-13H2,1-2H3,(H,25,30)(H,26,32). The van der Waals surface area contributed by atoms with Crippen molar-refractivity contribution in [2.24, 2.45) is 5.41 Å². The Kier molecular flexibility index (Phi) is 4.69. The number of imidazole rings is 1. The number of para-hydroxylation sites is 2. The van der Waals surface area contributed by atoms with Gasteiger partial charge in [0, 0.05) is 36.8 Å². The molecule has 0 atom stereocenters. The lowest BCUT2D eigenvalue weighted by Crippen LogP contribution is -2.42. The average Bonchev–Trinajstić information content (AvgIpc) is 3.08. The molecule has 1 amide bonds. The number of H-pyrrole nitrogens is 2. The van der Waals surface area contributed by atoms with Crippen molar-refractivity contribution >= 4 is 22.7 Å². The molecule has 0 radical (unpaired) electrons. The summed E-state index contributed by atoms with van der Waals surface area (Å²) in [5, 5.41) is 0. The molecule has 32 heavy (non-hydrogen) atoms. The van der Waals surface area contributed by atoms with Crippen LogP contribution in [0.3, 0.4) is 0 Å². The van der Waals surface area contributed by atoms with E-state index >= 15 is 0 Å². The van der Waals surface area contributed by atoms with Gasteiger partial charge in [-0.3, -0.25) is 19.0 Å². The number of rotatable bonds is 2. The fourth-order valence-corrected chi connectivity index (χ4v) is 5.12. The number of nitrogens with one attached hydrogen (secondary N) is 2. The summed E-state index contributed by atoms with van der Waals surface area (Å²) in [6, 6.07) is 9.02. The van der Waals surface area contributed by atoms with Gasteiger partial charge in [0.1, 0.15) is 5.56 Å². The number of Topliss-reactive ketones (excluding diaryl/α,β-unsaturated/α-hetero) is 1. The molecule has 1 aliphatic heterocycles. The van der Waals surface area contributed by atoms with Gasteiger partial charge in [-0.15, -0.1) is 0 Å². The lowest BCUT2D eigenvalue weighted by molar-refractivity contribution is 0.0693. The second kappa shape index (κ2) is 7.32. The molecule has 1 aromatic carbocycles. The molecule has 0 unspecified atom stereocenters. The fourth-order valence-electron chi connectivity index (χ4n) is 5.12. The zero-order chi connectivity index (χ0) is 22.6. The van der Waals surface area contributed by atoms with Crippen LogP contribution in [-0.2, 0) is 6.42 Å². The second-order valence-electron chi connectivity index (χ2n) is 9.69. The first-order valence-electron chi connectivity index (χ1n) is 11.0. The van der Waals surface area contributed by atoms with E-state index < -0.39 is 5.56 Å². The smallest absolute Gasteiger partial charge is 0.326 e. The second-order valence-corrected chi connectivity index (χ2v) is 9.69. The lowest BCUT2D eigenvalue weighted by Gasteiger charge is -2.33. The van der Waals surface area contributed by atoms with Crippen LogP contribution in [0.1, 0.15) is 65.6 Å². The van der Waals surface area contributed by atoms with Crippen molar-refractivity contribution < 1.29 is 9.59 Å². The highest BCUT2D eigenvalue weighted by Gasteiger charge is 2.34. The Morgan fingerprint density at radius 3 is 2.50 bits per heavy atom. The zero-order valence-corrected chi connectivity index (χ0v) is 18.2. The third-order valence-electron chi connectivity index (χ3n) is 6.69. The van der Waals surface area contributed by atoms with Gasteiger partial charge in [0.25, 0.3) is 11.5 Å². The van der Waals surface area contributed by atoms with Gasteiger partial charge in [-0.25, -0.2) is 4.79 Å². The van der Waals surface area contributed by atoms with Crippen molar-refractivity contribution in [1.29, 1.82) is 0 Å². The highest BCUT2D eigenvalue weighted by molar-refractivity contribution is 6.02. The molecular weight excluding hydrogens is 408 g/mol.